The number of hydrogen-bond acceptors (Lipinski definition) is 6. The number of rotatable bonds is 9. The average molecular weight is 550 g/mol. The molecule has 188 valence electrons. The van der Waals surface area contributed by atoms with Gasteiger partial charge in [-0.1, -0.05) is 18.2 Å². The molecule has 1 unspecified atom stereocenters. The third-order valence-electron chi connectivity index (χ3n) is 5.33. The van der Waals surface area contributed by atoms with Gasteiger partial charge in [0.05, 0.1) is 11.3 Å². The molecule has 2 aromatic heterocycles. The summed E-state index contributed by atoms with van der Waals surface area (Å²) in [7, 11) is 0. The van der Waals surface area contributed by atoms with Crippen molar-refractivity contribution in [3.8, 4) is 16.3 Å². The zero-order valence-corrected chi connectivity index (χ0v) is 21.8. The zero-order chi connectivity index (χ0) is 25.9. The maximum atomic E-state index is 13.0. The van der Waals surface area contributed by atoms with E-state index in [0.29, 0.717) is 28.5 Å². The Morgan fingerprint density at radius 1 is 1.17 bits per heavy atom. The van der Waals surface area contributed by atoms with Crippen LogP contribution in [0.1, 0.15) is 33.5 Å². The monoisotopic (exact) mass is 549 g/mol. The largest absolute Gasteiger partial charge is 0.479 e. The lowest BCUT2D eigenvalue weighted by molar-refractivity contribution is -0.144. The maximum Gasteiger partial charge on any atom is 0.416 e. The Morgan fingerprint density at radius 3 is 2.53 bits per heavy atom. The number of carboxylic acid groups (broad SMARTS) is 1. The first-order valence-corrected chi connectivity index (χ1v) is 13.6. The minimum Gasteiger partial charge on any atom is -0.479 e. The van der Waals surface area contributed by atoms with Gasteiger partial charge in [0.15, 0.2) is 6.10 Å². The number of aliphatic carboxylic acids is 1. The first-order valence-electron chi connectivity index (χ1n) is 10.9. The second kappa shape index (κ2) is 11.1. The van der Waals surface area contributed by atoms with E-state index in [1.807, 2.05) is 36.6 Å². The van der Waals surface area contributed by atoms with E-state index in [9.17, 15) is 18.0 Å². The Hall–Kier alpha value is -2.82. The number of thioether (sulfide) groups is 1. The van der Waals surface area contributed by atoms with Gasteiger partial charge in [0, 0.05) is 32.4 Å². The molecule has 10 heteroatoms. The third-order valence-corrected chi connectivity index (χ3v) is 8.55. The van der Waals surface area contributed by atoms with Gasteiger partial charge in [0.1, 0.15) is 10.8 Å². The van der Waals surface area contributed by atoms with Crippen LogP contribution in [0.4, 0.5) is 13.2 Å². The molecule has 36 heavy (non-hydrogen) atoms. The smallest absolute Gasteiger partial charge is 0.416 e. The molecule has 4 aromatic rings. The van der Waals surface area contributed by atoms with Crippen LogP contribution in [0.3, 0.4) is 0 Å². The van der Waals surface area contributed by atoms with E-state index in [-0.39, 0.29) is 0 Å². The molecule has 0 amide bonds. The number of ether oxygens (including phenoxy) is 1. The van der Waals surface area contributed by atoms with Crippen molar-refractivity contribution in [3.05, 3.63) is 86.6 Å². The number of carboxylic acids is 1. The number of carbonyl (C=O) groups is 1. The SMILES string of the molecule is Cc1cc(SCc2sc(-c3ccc(C(F)(F)F)cc3)nc2Cc2cccs2)ccc1OC(C)C(=O)O. The van der Waals surface area contributed by atoms with E-state index < -0.39 is 23.8 Å². The molecule has 0 fully saturated rings. The molecule has 0 bridgehead atoms. The molecule has 2 aromatic carbocycles. The molecule has 4 nitrogen and oxygen atoms in total. The van der Waals surface area contributed by atoms with Gasteiger partial charge in [-0.2, -0.15) is 13.2 Å². The lowest BCUT2D eigenvalue weighted by Crippen LogP contribution is -2.23. The van der Waals surface area contributed by atoms with Gasteiger partial charge >= 0.3 is 12.1 Å². The molecule has 2 heterocycles. The molecule has 0 saturated carbocycles. The molecular weight excluding hydrogens is 527 g/mol. The van der Waals surface area contributed by atoms with Crippen molar-refractivity contribution in [1.29, 1.82) is 0 Å². The number of thiazole rings is 1. The topological polar surface area (TPSA) is 59.4 Å². The molecule has 1 N–H and O–H groups in total. The first-order chi connectivity index (χ1) is 17.1. The quantitative estimate of drug-likeness (QED) is 0.215. The Bertz CT molecular complexity index is 1330. The number of aryl methyl sites for hydroxylation is 1. The van der Waals surface area contributed by atoms with Crippen LogP contribution in [0.15, 0.2) is 64.9 Å². The number of aromatic nitrogens is 1. The number of thiophene rings is 1. The van der Waals surface area contributed by atoms with Gasteiger partial charge in [-0.15, -0.1) is 34.4 Å². The molecule has 0 spiro atoms. The summed E-state index contributed by atoms with van der Waals surface area (Å²) in [5.41, 5.74) is 1.72. The van der Waals surface area contributed by atoms with Crippen molar-refractivity contribution in [2.75, 3.05) is 0 Å². The summed E-state index contributed by atoms with van der Waals surface area (Å²) < 4.78 is 44.4. The lowest BCUT2D eigenvalue weighted by atomic mass is 10.1. The summed E-state index contributed by atoms with van der Waals surface area (Å²) >= 11 is 4.74. The number of benzene rings is 2. The fraction of sp³-hybridized carbons (Fsp3) is 0.231. The summed E-state index contributed by atoms with van der Waals surface area (Å²) in [6.07, 6.45) is -4.66. The van der Waals surface area contributed by atoms with Crippen LogP contribution < -0.4 is 4.74 Å². The summed E-state index contributed by atoms with van der Waals surface area (Å²) in [6, 6.07) is 14.7. The second-order valence-electron chi connectivity index (χ2n) is 8.03. The van der Waals surface area contributed by atoms with Crippen molar-refractivity contribution >= 4 is 40.4 Å². The van der Waals surface area contributed by atoms with Crippen molar-refractivity contribution < 1.29 is 27.8 Å². The molecule has 0 saturated heterocycles. The number of halogens is 3. The van der Waals surface area contributed by atoms with Gasteiger partial charge in [-0.3, -0.25) is 0 Å². The van der Waals surface area contributed by atoms with E-state index in [2.05, 4.69) is 0 Å². The van der Waals surface area contributed by atoms with E-state index in [0.717, 1.165) is 38.0 Å². The lowest BCUT2D eigenvalue weighted by Gasteiger charge is -2.13. The predicted molar refractivity (Wildman–Crippen MR) is 138 cm³/mol. The first kappa shape index (κ1) is 26.2. The third kappa shape index (κ3) is 6.48. The Labute approximate surface area is 218 Å². The van der Waals surface area contributed by atoms with Gasteiger partial charge in [-0.05, 0) is 61.2 Å². The second-order valence-corrected chi connectivity index (χ2v) is 11.2. The standard InChI is InChI=1S/C26H22F3NO3S3/c1-15-12-20(9-10-22(15)33-16(2)25(31)32)35-14-23-21(13-19-4-3-11-34-19)30-24(36-23)17-5-7-18(8-6-17)26(27,28)29/h3-12,16H,13-14H2,1-2H3,(H,31,32). The minimum atomic E-state index is -4.38. The van der Waals surface area contributed by atoms with Crippen LogP contribution in [0.2, 0.25) is 0 Å². The predicted octanol–water partition coefficient (Wildman–Crippen LogP) is 7.93. The van der Waals surface area contributed by atoms with Crippen LogP contribution in [0.5, 0.6) is 5.75 Å². The normalized spacial score (nSPS) is 12.5. The Morgan fingerprint density at radius 2 is 1.92 bits per heavy atom. The molecule has 0 radical (unpaired) electrons. The highest BCUT2D eigenvalue weighted by atomic mass is 32.2. The summed E-state index contributed by atoms with van der Waals surface area (Å²) in [6.45, 7) is 3.35. The fourth-order valence-electron chi connectivity index (χ4n) is 3.37. The van der Waals surface area contributed by atoms with E-state index in [1.54, 1.807) is 29.2 Å². The van der Waals surface area contributed by atoms with E-state index in [1.165, 1.54) is 30.4 Å². The Balaban J connectivity index is 1.55. The minimum absolute atomic E-state index is 0.523. The summed E-state index contributed by atoms with van der Waals surface area (Å²) in [4.78, 5) is 19.1. The summed E-state index contributed by atoms with van der Waals surface area (Å²) in [5.74, 6) is 0.139. The van der Waals surface area contributed by atoms with Crippen molar-refractivity contribution in [1.82, 2.24) is 4.98 Å². The molecule has 4 rings (SSSR count). The van der Waals surface area contributed by atoms with Crippen molar-refractivity contribution in [2.45, 2.75) is 43.2 Å². The highest BCUT2D eigenvalue weighted by Crippen LogP contribution is 2.37. The number of alkyl halides is 3. The molecule has 0 aliphatic carbocycles. The van der Waals surface area contributed by atoms with Gasteiger partial charge in [-0.25, -0.2) is 9.78 Å². The van der Waals surface area contributed by atoms with E-state index in [4.69, 9.17) is 14.8 Å². The number of hydrogen-bond donors (Lipinski definition) is 1. The van der Waals surface area contributed by atoms with Gasteiger partial charge < -0.3 is 9.84 Å². The Kier molecular flexibility index (Phi) is 8.07. The van der Waals surface area contributed by atoms with Gasteiger partial charge in [0.25, 0.3) is 0 Å². The van der Waals surface area contributed by atoms with Crippen LogP contribution in [-0.4, -0.2) is 22.2 Å². The van der Waals surface area contributed by atoms with Crippen LogP contribution in [0.25, 0.3) is 10.6 Å². The van der Waals surface area contributed by atoms with Crippen LogP contribution in [0, 0.1) is 6.92 Å². The average Bonchev–Trinajstić information content (AvgIpc) is 3.49. The molecule has 1 atom stereocenters. The maximum absolute atomic E-state index is 13.0. The van der Waals surface area contributed by atoms with E-state index >= 15 is 0 Å². The molecule has 0 aliphatic heterocycles. The van der Waals surface area contributed by atoms with Gasteiger partial charge in [0.2, 0.25) is 0 Å². The highest BCUT2D eigenvalue weighted by molar-refractivity contribution is 7.98. The van der Waals surface area contributed by atoms with Crippen molar-refractivity contribution in [3.63, 3.8) is 0 Å². The fourth-order valence-corrected chi connectivity index (χ4v) is 6.26. The number of nitrogens with zero attached hydrogens (tertiary/aromatic N) is 1. The van der Waals surface area contributed by atoms with Crippen LogP contribution >= 0.6 is 34.4 Å². The molecule has 0 aliphatic rings. The highest BCUT2D eigenvalue weighted by Gasteiger charge is 2.30. The van der Waals surface area contributed by atoms with Crippen LogP contribution in [-0.2, 0) is 23.1 Å². The summed E-state index contributed by atoms with van der Waals surface area (Å²) in [5, 5.41) is 11.8. The van der Waals surface area contributed by atoms with Crippen molar-refractivity contribution in [2.24, 2.45) is 0 Å². The molecular formula is C26H22F3NO3S3. The zero-order valence-electron chi connectivity index (χ0n) is 19.3.